The molecule has 2 aromatic rings. The predicted molar refractivity (Wildman–Crippen MR) is 62.6 cm³/mol. The van der Waals surface area contributed by atoms with Gasteiger partial charge >= 0.3 is 0 Å². The van der Waals surface area contributed by atoms with Gasteiger partial charge in [0.1, 0.15) is 0 Å². The van der Waals surface area contributed by atoms with Gasteiger partial charge in [-0.3, -0.25) is 0 Å². The van der Waals surface area contributed by atoms with Gasteiger partial charge in [0.15, 0.2) is 5.13 Å². The van der Waals surface area contributed by atoms with Crippen LogP contribution >= 0.6 is 11.3 Å². The highest BCUT2D eigenvalue weighted by Gasteiger charge is 2.11. The molecule has 0 aliphatic heterocycles. The minimum absolute atomic E-state index is 0.526. The molecule has 0 bridgehead atoms. The summed E-state index contributed by atoms with van der Waals surface area (Å²) in [6.45, 7) is 2.86. The van der Waals surface area contributed by atoms with Crippen LogP contribution in [-0.2, 0) is 6.42 Å². The second-order valence-electron chi connectivity index (χ2n) is 3.36. The standard InChI is InChI=1S/C9H13N5OS/c1-3-14(2)9-12-7(15-13-9)4-6-5-16-8(10)11-6/h5H,3-4H2,1-2H3,(H2,10,11). The Bertz CT molecular complexity index is 466. The van der Waals surface area contributed by atoms with Crippen LogP contribution < -0.4 is 10.6 Å². The molecule has 2 N–H and O–H groups in total. The summed E-state index contributed by atoms with van der Waals surface area (Å²) in [5.74, 6) is 1.15. The van der Waals surface area contributed by atoms with E-state index in [0.717, 1.165) is 12.2 Å². The third-order valence-corrected chi connectivity index (χ3v) is 2.90. The van der Waals surface area contributed by atoms with Crippen molar-refractivity contribution in [1.82, 2.24) is 15.1 Å². The maximum atomic E-state index is 5.54. The molecule has 0 atom stereocenters. The van der Waals surface area contributed by atoms with E-state index in [-0.39, 0.29) is 0 Å². The lowest BCUT2D eigenvalue weighted by Gasteiger charge is -2.08. The summed E-state index contributed by atoms with van der Waals surface area (Å²) in [6.07, 6.45) is 0.526. The first kappa shape index (κ1) is 10.9. The van der Waals surface area contributed by atoms with E-state index >= 15 is 0 Å². The molecule has 7 heteroatoms. The van der Waals surface area contributed by atoms with Gasteiger partial charge in [-0.25, -0.2) is 4.98 Å². The average molecular weight is 239 g/mol. The third kappa shape index (κ3) is 2.30. The summed E-state index contributed by atoms with van der Waals surface area (Å²) < 4.78 is 5.12. The molecular weight excluding hydrogens is 226 g/mol. The molecule has 2 aromatic heterocycles. The molecule has 16 heavy (non-hydrogen) atoms. The van der Waals surface area contributed by atoms with Crippen LogP contribution in [0.5, 0.6) is 0 Å². The molecule has 0 aromatic carbocycles. The zero-order chi connectivity index (χ0) is 11.5. The van der Waals surface area contributed by atoms with Crippen LogP contribution in [0.1, 0.15) is 18.5 Å². The highest BCUT2D eigenvalue weighted by atomic mass is 32.1. The number of rotatable bonds is 4. The van der Waals surface area contributed by atoms with E-state index in [4.69, 9.17) is 10.3 Å². The Hall–Kier alpha value is -1.63. The highest BCUT2D eigenvalue weighted by molar-refractivity contribution is 7.13. The summed E-state index contributed by atoms with van der Waals surface area (Å²) in [5, 5.41) is 6.32. The lowest BCUT2D eigenvalue weighted by atomic mass is 10.3. The van der Waals surface area contributed by atoms with Gasteiger partial charge in [-0.15, -0.1) is 11.3 Å². The van der Waals surface area contributed by atoms with Crippen LogP contribution in [0.3, 0.4) is 0 Å². The molecule has 0 spiro atoms. The van der Waals surface area contributed by atoms with Crippen molar-refractivity contribution in [3.63, 3.8) is 0 Å². The van der Waals surface area contributed by atoms with Gasteiger partial charge in [0.25, 0.3) is 5.95 Å². The molecule has 0 saturated heterocycles. The Morgan fingerprint density at radius 1 is 1.50 bits per heavy atom. The van der Waals surface area contributed by atoms with Crippen LogP contribution in [0.2, 0.25) is 0 Å². The lowest BCUT2D eigenvalue weighted by Crippen LogP contribution is -2.17. The van der Waals surface area contributed by atoms with E-state index in [1.165, 1.54) is 11.3 Å². The van der Waals surface area contributed by atoms with Crippen molar-refractivity contribution in [1.29, 1.82) is 0 Å². The fraction of sp³-hybridized carbons (Fsp3) is 0.444. The largest absolute Gasteiger partial charge is 0.375 e. The van der Waals surface area contributed by atoms with E-state index in [9.17, 15) is 0 Å². The maximum Gasteiger partial charge on any atom is 0.265 e. The van der Waals surface area contributed by atoms with E-state index in [1.54, 1.807) is 0 Å². The molecule has 6 nitrogen and oxygen atoms in total. The van der Waals surface area contributed by atoms with Crippen LogP contribution in [0.25, 0.3) is 0 Å². The van der Waals surface area contributed by atoms with Crippen molar-refractivity contribution in [2.45, 2.75) is 13.3 Å². The number of nitrogens with zero attached hydrogens (tertiary/aromatic N) is 4. The van der Waals surface area contributed by atoms with Crippen LogP contribution in [-0.4, -0.2) is 28.7 Å². The van der Waals surface area contributed by atoms with Crippen molar-refractivity contribution in [2.75, 3.05) is 24.2 Å². The number of hydrogen-bond acceptors (Lipinski definition) is 7. The third-order valence-electron chi connectivity index (χ3n) is 2.17. The van der Waals surface area contributed by atoms with E-state index in [1.807, 2.05) is 24.3 Å². The molecule has 0 aliphatic rings. The predicted octanol–water partition coefficient (Wildman–Crippen LogP) is 1.16. The molecule has 86 valence electrons. The fourth-order valence-corrected chi connectivity index (χ4v) is 1.74. The van der Waals surface area contributed by atoms with E-state index in [0.29, 0.717) is 23.4 Å². The SMILES string of the molecule is CCN(C)c1noc(Cc2csc(N)n2)n1. The Morgan fingerprint density at radius 3 is 2.94 bits per heavy atom. The van der Waals surface area contributed by atoms with Gasteiger partial charge in [-0.2, -0.15) is 4.98 Å². The molecule has 0 amide bonds. The zero-order valence-electron chi connectivity index (χ0n) is 9.17. The van der Waals surface area contributed by atoms with Crippen molar-refractivity contribution >= 4 is 22.4 Å². The molecule has 2 heterocycles. The number of thiazole rings is 1. The second kappa shape index (κ2) is 4.48. The molecule has 0 fully saturated rings. The van der Waals surface area contributed by atoms with Crippen molar-refractivity contribution in [2.24, 2.45) is 0 Å². The quantitative estimate of drug-likeness (QED) is 0.862. The minimum atomic E-state index is 0.526. The maximum absolute atomic E-state index is 5.54. The first-order valence-corrected chi connectivity index (χ1v) is 5.80. The van der Waals surface area contributed by atoms with Crippen LogP contribution in [0, 0.1) is 0 Å². The number of nitrogen functional groups attached to an aromatic ring is 1. The Kier molecular flexibility index (Phi) is 3.04. The van der Waals surface area contributed by atoms with Crippen molar-refractivity contribution in [3.05, 3.63) is 17.0 Å². The smallest absolute Gasteiger partial charge is 0.265 e. The molecular formula is C9H13N5OS. The molecule has 2 rings (SSSR count). The second-order valence-corrected chi connectivity index (χ2v) is 4.25. The van der Waals surface area contributed by atoms with Gasteiger partial charge < -0.3 is 15.2 Å². The zero-order valence-corrected chi connectivity index (χ0v) is 9.99. The summed E-state index contributed by atoms with van der Waals surface area (Å²) in [5.41, 5.74) is 6.40. The van der Waals surface area contributed by atoms with E-state index in [2.05, 4.69) is 15.1 Å². The summed E-state index contributed by atoms with van der Waals surface area (Å²) in [6, 6.07) is 0. The Labute approximate surface area is 97.1 Å². The summed E-state index contributed by atoms with van der Waals surface area (Å²) in [7, 11) is 1.91. The molecule has 0 unspecified atom stereocenters. The van der Waals surface area contributed by atoms with Gasteiger partial charge in [0, 0.05) is 19.0 Å². The fourth-order valence-electron chi connectivity index (χ4n) is 1.17. The van der Waals surface area contributed by atoms with E-state index < -0.39 is 0 Å². The van der Waals surface area contributed by atoms with Crippen molar-refractivity contribution in [3.8, 4) is 0 Å². The van der Waals surface area contributed by atoms with Gasteiger partial charge in [-0.05, 0) is 12.1 Å². The molecule has 0 radical (unpaired) electrons. The first-order valence-electron chi connectivity index (χ1n) is 4.92. The summed E-state index contributed by atoms with van der Waals surface area (Å²) in [4.78, 5) is 10.3. The Morgan fingerprint density at radius 2 is 2.31 bits per heavy atom. The number of nitrogens with two attached hydrogens (primary N) is 1. The van der Waals surface area contributed by atoms with Gasteiger partial charge in [0.2, 0.25) is 5.89 Å². The van der Waals surface area contributed by atoms with Gasteiger partial charge in [-0.1, -0.05) is 0 Å². The van der Waals surface area contributed by atoms with Gasteiger partial charge in [0.05, 0.1) is 12.1 Å². The molecule has 0 saturated carbocycles. The first-order chi connectivity index (χ1) is 7.69. The summed E-state index contributed by atoms with van der Waals surface area (Å²) >= 11 is 1.41. The Balaban J connectivity index is 2.08. The highest BCUT2D eigenvalue weighted by Crippen LogP contribution is 2.15. The topological polar surface area (TPSA) is 81.1 Å². The number of anilines is 2. The normalized spacial score (nSPS) is 10.6. The number of hydrogen-bond donors (Lipinski definition) is 1. The lowest BCUT2D eigenvalue weighted by molar-refractivity contribution is 0.384. The van der Waals surface area contributed by atoms with Crippen molar-refractivity contribution < 1.29 is 4.52 Å². The average Bonchev–Trinajstić information content (AvgIpc) is 2.87. The number of aromatic nitrogens is 3. The van der Waals surface area contributed by atoms with Crippen LogP contribution in [0.4, 0.5) is 11.1 Å². The molecule has 0 aliphatic carbocycles. The minimum Gasteiger partial charge on any atom is -0.375 e. The monoisotopic (exact) mass is 239 g/mol. The van der Waals surface area contributed by atoms with Crippen LogP contribution in [0.15, 0.2) is 9.90 Å².